The van der Waals surface area contributed by atoms with E-state index in [9.17, 15) is 0 Å². The van der Waals surface area contributed by atoms with Crippen molar-refractivity contribution in [2.45, 2.75) is 0 Å². The minimum absolute atomic E-state index is 1.08. The Balaban J connectivity index is 1.21. The van der Waals surface area contributed by atoms with E-state index in [0.29, 0.717) is 0 Å². The Hall–Kier alpha value is -7.82. The lowest BCUT2D eigenvalue weighted by molar-refractivity contribution is 1.16. The van der Waals surface area contributed by atoms with Crippen LogP contribution >= 0.6 is 0 Å². The highest BCUT2D eigenvalue weighted by Gasteiger charge is 2.22. The summed E-state index contributed by atoms with van der Waals surface area (Å²) in [5, 5.41) is 4.85. The fourth-order valence-electron chi connectivity index (χ4n) is 8.71. The zero-order chi connectivity index (χ0) is 38.4. The Morgan fingerprint density at radius 3 is 1.14 bits per heavy atom. The first-order chi connectivity index (χ1) is 28.8. The summed E-state index contributed by atoms with van der Waals surface area (Å²) in [5.41, 5.74) is 13.5. The molecule has 0 aliphatic rings. The number of rotatable bonds is 8. The molecule has 0 saturated heterocycles. The molecule has 0 aliphatic carbocycles. The standard InChI is InChI=1S/C54H38N4/c1-6-19-39(20-7-1)55(40-21-8-2-9-22-40)44-29-18-30-45(35-44)58-52-36-46(56(41-23-10-3-11-24-41)42-25-12-4-13-26-42)33-34-48(52)50-38-53-49(37-54(50)58)47-31-16-17-32-51(47)57(53)43-27-14-5-15-28-43/h1-38H. The summed E-state index contributed by atoms with van der Waals surface area (Å²) in [6, 6.07) is 82.8. The molecule has 11 aromatic rings. The van der Waals surface area contributed by atoms with Gasteiger partial charge in [-0.2, -0.15) is 0 Å². The maximum Gasteiger partial charge on any atom is 0.0561 e. The van der Waals surface area contributed by atoms with Gasteiger partial charge in [-0.3, -0.25) is 0 Å². The van der Waals surface area contributed by atoms with Gasteiger partial charge in [0.15, 0.2) is 0 Å². The van der Waals surface area contributed by atoms with Gasteiger partial charge in [-0.05, 0) is 109 Å². The molecular weight excluding hydrogens is 705 g/mol. The molecule has 0 bridgehead atoms. The van der Waals surface area contributed by atoms with Crippen LogP contribution in [0.1, 0.15) is 0 Å². The van der Waals surface area contributed by atoms with Gasteiger partial charge in [0.1, 0.15) is 0 Å². The molecule has 2 aromatic heterocycles. The zero-order valence-corrected chi connectivity index (χ0v) is 31.7. The molecule has 0 amide bonds. The van der Waals surface area contributed by atoms with Crippen molar-refractivity contribution in [3.8, 4) is 11.4 Å². The quantitative estimate of drug-likeness (QED) is 0.154. The van der Waals surface area contributed by atoms with Crippen LogP contribution in [-0.4, -0.2) is 9.13 Å². The van der Waals surface area contributed by atoms with Crippen LogP contribution in [0.3, 0.4) is 0 Å². The number of aromatic nitrogens is 2. The van der Waals surface area contributed by atoms with E-state index in [0.717, 1.165) is 56.5 Å². The first-order valence-electron chi connectivity index (χ1n) is 19.8. The molecule has 0 saturated carbocycles. The Kier molecular flexibility index (Phi) is 8.11. The van der Waals surface area contributed by atoms with Gasteiger partial charge in [-0.15, -0.1) is 0 Å². The summed E-state index contributed by atoms with van der Waals surface area (Å²) >= 11 is 0. The lowest BCUT2D eigenvalue weighted by atomic mass is 10.1. The van der Waals surface area contributed by atoms with Crippen molar-refractivity contribution in [2.75, 3.05) is 9.80 Å². The SMILES string of the molecule is c1ccc(N(c2ccccc2)c2cccc(-n3c4cc(N(c5ccccc5)c5ccccc5)ccc4c4cc5c(cc43)c3ccccc3n5-c3ccccc3)c2)cc1. The highest BCUT2D eigenvalue weighted by Crippen LogP contribution is 2.43. The molecule has 4 nitrogen and oxygen atoms in total. The summed E-state index contributed by atoms with van der Waals surface area (Å²) < 4.78 is 4.88. The van der Waals surface area contributed by atoms with Crippen molar-refractivity contribution in [3.05, 3.63) is 231 Å². The molecule has 0 unspecified atom stereocenters. The van der Waals surface area contributed by atoms with E-state index < -0.39 is 0 Å². The van der Waals surface area contributed by atoms with Gasteiger partial charge in [0.2, 0.25) is 0 Å². The van der Waals surface area contributed by atoms with E-state index in [1.807, 2.05) is 0 Å². The average molecular weight is 743 g/mol. The van der Waals surface area contributed by atoms with Gasteiger partial charge < -0.3 is 18.9 Å². The van der Waals surface area contributed by atoms with Crippen LogP contribution in [0.4, 0.5) is 34.1 Å². The van der Waals surface area contributed by atoms with Crippen molar-refractivity contribution in [1.82, 2.24) is 9.13 Å². The third-order valence-corrected chi connectivity index (χ3v) is 11.2. The fourth-order valence-corrected chi connectivity index (χ4v) is 8.71. The molecule has 11 rings (SSSR count). The lowest BCUT2D eigenvalue weighted by Crippen LogP contribution is -2.10. The molecular formula is C54H38N4. The first kappa shape index (κ1) is 33.5. The largest absolute Gasteiger partial charge is 0.310 e. The van der Waals surface area contributed by atoms with E-state index in [2.05, 4.69) is 249 Å². The molecule has 0 atom stereocenters. The van der Waals surface area contributed by atoms with E-state index in [-0.39, 0.29) is 0 Å². The molecule has 0 N–H and O–H groups in total. The van der Waals surface area contributed by atoms with E-state index in [1.165, 1.54) is 32.6 Å². The number of para-hydroxylation sites is 6. The predicted molar refractivity (Wildman–Crippen MR) is 244 cm³/mol. The molecule has 274 valence electrons. The molecule has 0 aliphatic heterocycles. The summed E-state index contributed by atoms with van der Waals surface area (Å²) in [4.78, 5) is 4.68. The third-order valence-electron chi connectivity index (χ3n) is 11.2. The molecule has 58 heavy (non-hydrogen) atoms. The first-order valence-corrected chi connectivity index (χ1v) is 19.8. The van der Waals surface area contributed by atoms with Crippen molar-refractivity contribution in [3.63, 3.8) is 0 Å². The van der Waals surface area contributed by atoms with Gasteiger partial charge in [0.25, 0.3) is 0 Å². The molecule has 0 spiro atoms. The summed E-state index contributed by atoms with van der Waals surface area (Å²) in [7, 11) is 0. The lowest BCUT2D eigenvalue weighted by Gasteiger charge is -2.26. The number of hydrogen-bond acceptors (Lipinski definition) is 2. The van der Waals surface area contributed by atoms with Crippen LogP contribution in [0.15, 0.2) is 231 Å². The van der Waals surface area contributed by atoms with E-state index in [4.69, 9.17) is 0 Å². The van der Waals surface area contributed by atoms with Crippen LogP contribution < -0.4 is 9.80 Å². The van der Waals surface area contributed by atoms with Gasteiger partial charge in [-0.1, -0.05) is 121 Å². The monoisotopic (exact) mass is 742 g/mol. The highest BCUT2D eigenvalue weighted by molar-refractivity contribution is 6.19. The minimum atomic E-state index is 1.08. The number of anilines is 6. The zero-order valence-electron chi connectivity index (χ0n) is 31.7. The molecule has 0 radical (unpaired) electrons. The topological polar surface area (TPSA) is 16.3 Å². The second-order valence-corrected chi connectivity index (χ2v) is 14.6. The molecule has 0 fully saturated rings. The van der Waals surface area contributed by atoms with E-state index in [1.54, 1.807) is 0 Å². The van der Waals surface area contributed by atoms with Crippen LogP contribution in [0.25, 0.3) is 55.0 Å². The van der Waals surface area contributed by atoms with Crippen molar-refractivity contribution < 1.29 is 0 Å². The van der Waals surface area contributed by atoms with Crippen molar-refractivity contribution in [1.29, 1.82) is 0 Å². The number of hydrogen-bond donors (Lipinski definition) is 0. The third kappa shape index (κ3) is 5.62. The number of benzene rings is 9. The van der Waals surface area contributed by atoms with Crippen LogP contribution in [0.2, 0.25) is 0 Å². The highest BCUT2D eigenvalue weighted by atomic mass is 15.2. The smallest absolute Gasteiger partial charge is 0.0561 e. The maximum atomic E-state index is 2.47. The van der Waals surface area contributed by atoms with Gasteiger partial charge in [0, 0.05) is 67.0 Å². The van der Waals surface area contributed by atoms with Crippen LogP contribution in [-0.2, 0) is 0 Å². The van der Waals surface area contributed by atoms with Crippen molar-refractivity contribution >= 4 is 77.7 Å². The predicted octanol–water partition coefficient (Wildman–Crippen LogP) is 14.8. The Bertz CT molecular complexity index is 3130. The van der Waals surface area contributed by atoms with E-state index >= 15 is 0 Å². The number of fused-ring (bicyclic) bond motifs is 6. The summed E-state index contributed by atoms with van der Waals surface area (Å²) in [6.45, 7) is 0. The van der Waals surface area contributed by atoms with Gasteiger partial charge >= 0.3 is 0 Å². The van der Waals surface area contributed by atoms with Gasteiger partial charge in [0.05, 0.1) is 22.1 Å². The average Bonchev–Trinajstić information content (AvgIpc) is 3.79. The van der Waals surface area contributed by atoms with Gasteiger partial charge in [-0.25, -0.2) is 0 Å². The normalized spacial score (nSPS) is 11.4. The second-order valence-electron chi connectivity index (χ2n) is 14.6. The Morgan fingerprint density at radius 1 is 0.224 bits per heavy atom. The van der Waals surface area contributed by atoms with Crippen LogP contribution in [0, 0.1) is 0 Å². The number of nitrogens with zero attached hydrogens (tertiary/aromatic N) is 4. The Morgan fingerprint density at radius 2 is 0.603 bits per heavy atom. The minimum Gasteiger partial charge on any atom is -0.310 e. The fraction of sp³-hybridized carbons (Fsp3) is 0. The molecule has 2 heterocycles. The molecule has 9 aromatic carbocycles. The van der Waals surface area contributed by atoms with Crippen LogP contribution in [0.5, 0.6) is 0 Å². The molecule has 4 heteroatoms. The Labute approximate surface area is 337 Å². The summed E-state index contributed by atoms with van der Waals surface area (Å²) in [6.07, 6.45) is 0. The summed E-state index contributed by atoms with van der Waals surface area (Å²) in [5.74, 6) is 0. The second kappa shape index (κ2) is 14.0. The van der Waals surface area contributed by atoms with Crippen molar-refractivity contribution in [2.24, 2.45) is 0 Å². The maximum absolute atomic E-state index is 2.47.